The maximum atomic E-state index is 11.7. The second-order valence-electron chi connectivity index (χ2n) is 7.65. The van der Waals surface area contributed by atoms with Gasteiger partial charge in [-0.2, -0.15) is 0 Å². The second kappa shape index (κ2) is 8.73. The van der Waals surface area contributed by atoms with E-state index in [2.05, 4.69) is 27.3 Å². The highest BCUT2D eigenvalue weighted by molar-refractivity contribution is 6.39. The summed E-state index contributed by atoms with van der Waals surface area (Å²) < 4.78 is 11.8. The minimum atomic E-state index is -0.476. The van der Waals surface area contributed by atoms with Crippen molar-refractivity contribution in [1.82, 2.24) is 20.1 Å². The SMILES string of the molecule is CNC(=O)C(=N)N1CCN(Cc2ccc(C3COc4ccc(C)nc4O3)cc2)CC1=N. The van der Waals surface area contributed by atoms with E-state index in [4.69, 9.17) is 20.3 Å². The summed E-state index contributed by atoms with van der Waals surface area (Å²) in [6.45, 7) is 4.56. The van der Waals surface area contributed by atoms with Crippen LogP contribution in [0.1, 0.15) is 22.9 Å². The quantitative estimate of drug-likeness (QED) is 0.513. The fraction of sp³-hybridized carbons (Fsp3) is 0.364. The minimum Gasteiger partial charge on any atom is -0.484 e. The van der Waals surface area contributed by atoms with E-state index in [1.54, 1.807) is 0 Å². The second-order valence-corrected chi connectivity index (χ2v) is 7.65. The summed E-state index contributed by atoms with van der Waals surface area (Å²) in [6, 6.07) is 12.0. The molecule has 0 radical (unpaired) electrons. The molecule has 3 heterocycles. The molecular formula is C22H26N6O3. The molecule has 2 aliphatic rings. The first-order valence-corrected chi connectivity index (χ1v) is 10.2. The van der Waals surface area contributed by atoms with Crippen molar-refractivity contribution in [3.63, 3.8) is 0 Å². The Bertz CT molecular complexity index is 1010. The number of nitrogens with one attached hydrogen (secondary N) is 3. The first kappa shape index (κ1) is 20.8. The number of benzene rings is 1. The summed E-state index contributed by atoms with van der Waals surface area (Å²) >= 11 is 0. The Balaban J connectivity index is 1.35. The van der Waals surface area contributed by atoms with Gasteiger partial charge in [0.15, 0.2) is 17.7 Å². The summed E-state index contributed by atoms with van der Waals surface area (Å²) in [4.78, 5) is 19.7. The average Bonchev–Trinajstić information content (AvgIpc) is 2.78. The number of carbonyl (C=O) groups is 1. The molecule has 9 nitrogen and oxygen atoms in total. The predicted molar refractivity (Wildman–Crippen MR) is 116 cm³/mol. The van der Waals surface area contributed by atoms with Crippen molar-refractivity contribution in [3.8, 4) is 11.6 Å². The number of ether oxygens (including phenoxy) is 2. The lowest BCUT2D eigenvalue weighted by Crippen LogP contribution is -2.54. The number of nitrogens with zero attached hydrogens (tertiary/aromatic N) is 3. The van der Waals surface area contributed by atoms with E-state index >= 15 is 0 Å². The lowest BCUT2D eigenvalue weighted by atomic mass is 10.1. The third-order valence-corrected chi connectivity index (χ3v) is 5.42. The lowest BCUT2D eigenvalue weighted by Gasteiger charge is -2.35. The molecule has 0 saturated carbocycles. The normalized spacial score (nSPS) is 18.6. The highest BCUT2D eigenvalue weighted by Crippen LogP contribution is 2.34. The van der Waals surface area contributed by atoms with Gasteiger partial charge in [-0.1, -0.05) is 24.3 Å². The van der Waals surface area contributed by atoms with E-state index in [1.807, 2.05) is 31.2 Å². The molecule has 0 bridgehead atoms. The van der Waals surface area contributed by atoms with Crippen molar-refractivity contribution in [3.05, 3.63) is 53.2 Å². The van der Waals surface area contributed by atoms with Crippen molar-refractivity contribution >= 4 is 17.6 Å². The summed E-state index contributed by atoms with van der Waals surface area (Å²) in [5.74, 6) is 0.794. The summed E-state index contributed by atoms with van der Waals surface area (Å²) in [7, 11) is 1.49. The van der Waals surface area contributed by atoms with Crippen LogP contribution in [-0.4, -0.2) is 65.7 Å². The zero-order valence-electron chi connectivity index (χ0n) is 17.6. The smallest absolute Gasteiger partial charge is 0.286 e. The largest absolute Gasteiger partial charge is 0.484 e. The Kier molecular flexibility index (Phi) is 5.85. The summed E-state index contributed by atoms with van der Waals surface area (Å²) in [5, 5.41) is 18.6. The number of likely N-dealkylation sites (N-methyl/N-ethyl adjacent to an activating group) is 1. The molecule has 9 heteroatoms. The number of piperazine rings is 1. The van der Waals surface area contributed by atoms with Crippen LogP contribution in [0.3, 0.4) is 0 Å². The first-order chi connectivity index (χ1) is 14.9. The summed E-state index contributed by atoms with van der Waals surface area (Å²) in [5.41, 5.74) is 3.03. The number of carbonyl (C=O) groups excluding carboxylic acids is 1. The molecule has 1 atom stereocenters. The van der Waals surface area contributed by atoms with E-state index in [-0.39, 0.29) is 17.8 Å². The van der Waals surface area contributed by atoms with Gasteiger partial charge in [-0.25, -0.2) is 4.98 Å². The molecule has 1 unspecified atom stereocenters. The molecule has 4 rings (SSSR count). The highest BCUT2D eigenvalue weighted by Gasteiger charge is 2.27. The number of fused-ring (bicyclic) bond motifs is 1. The zero-order chi connectivity index (χ0) is 22.0. The van der Waals surface area contributed by atoms with Gasteiger partial charge in [-0.15, -0.1) is 0 Å². The number of aromatic nitrogens is 1. The first-order valence-electron chi connectivity index (χ1n) is 10.2. The van der Waals surface area contributed by atoms with Gasteiger partial charge in [0.25, 0.3) is 11.8 Å². The van der Waals surface area contributed by atoms with E-state index in [0.717, 1.165) is 16.8 Å². The third kappa shape index (κ3) is 4.51. The zero-order valence-corrected chi connectivity index (χ0v) is 17.6. The predicted octanol–water partition coefficient (Wildman–Crippen LogP) is 1.72. The van der Waals surface area contributed by atoms with Crippen LogP contribution in [0.2, 0.25) is 0 Å². The van der Waals surface area contributed by atoms with Crippen LogP contribution in [0.15, 0.2) is 36.4 Å². The maximum absolute atomic E-state index is 11.7. The molecule has 1 amide bonds. The molecule has 3 N–H and O–H groups in total. The Morgan fingerprint density at radius 2 is 2.00 bits per heavy atom. The van der Waals surface area contributed by atoms with Gasteiger partial charge in [-0.3, -0.25) is 20.5 Å². The van der Waals surface area contributed by atoms with E-state index < -0.39 is 5.91 Å². The van der Waals surface area contributed by atoms with Crippen molar-refractivity contribution in [2.75, 3.05) is 33.3 Å². The van der Waals surface area contributed by atoms with E-state index in [9.17, 15) is 4.79 Å². The number of hydrogen-bond acceptors (Lipinski definition) is 7. The minimum absolute atomic E-state index is 0.183. The molecular weight excluding hydrogens is 396 g/mol. The third-order valence-electron chi connectivity index (χ3n) is 5.42. The lowest BCUT2D eigenvalue weighted by molar-refractivity contribution is -0.115. The molecule has 1 fully saturated rings. The summed E-state index contributed by atoms with van der Waals surface area (Å²) in [6.07, 6.45) is -0.205. The van der Waals surface area contributed by atoms with Crippen LogP contribution >= 0.6 is 0 Å². The van der Waals surface area contributed by atoms with Crippen LogP contribution in [0.5, 0.6) is 11.6 Å². The van der Waals surface area contributed by atoms with Crippen molar-refractivity contribution in [2.45, 2.75) is 19.6 Å². The molecule has 0 spiro atoms. The van der Waals surface area contributed by atoms with Crippen LogP contribution in [-0.2, 0) is 11.3 Å². The Hall–Kier alpha value is -3.46. The molecule has 1 aromatic heterocycles. The number of pyridine rings is 1. The van der Waals surface area contributed by atoms with Crippen LogP contribution < -0.4 is 14.8 Å². The van der Waals surface area contributed by atoms with Crippen LogP contribution in [0.4, 0.5) is 0 Å². The Morgan fingerprint density at radius 3 is 2.71 bits per heavy atom. The van der Waals surface area contributed by atoms with E-state index in [0.29, 0.717) is 44.4 Å². The fourth-order valence-electron chi connectivity index (χ4n) is 3.68. The standard InChI is InChI=1S/C22H26N6O3/c1-14-3-8-17-22(26-14)31-18(13-30-17)16-6-4-15(5-7-16)11-27-9-10-28(19(23)12-27)20(24)21(29)25-2/h3-8,18,23-24H,9-13H2,1-2H3,(H,25,29). The van der Waals surface area contributed by atoms with Gasteiger partial charge in [0.1, 0.15) is 12.4 Å². The molecule has 31 heavy (non-hydrogen) atoms. The number of amidine groups is 2. The number of hydrogen-bond donors (Lipinski definition) is 3. The van der Waals surface area contributed by atoms with Crippen molar-refractivity contribution in [1.29, 1.82) is 10.8 Å². The van der Waals surface area contributed by atoms with Crippen LogP contribution in [0, 0.1) is 17.7 Å². The number of aryl methyl sites for hydroxylation is 1. The Labute approximate surface area is 181 Å². The van der Waals surface area contributed by atoms with Gasteiger partial charge in [0, 0.05) is 32.4 Å². The monoisotopic (exact) mass is 422 g/mol. The number of amides is 1. The molecule has 1 aromatic carbocycles. The van der Waals surface area contributed by atoms with Crippen molar-refractivity contribution in [2.24, 2.45) is 0 Å². The fourth-order valence-corrected chi connectivity index (χ4v) is 3.68. The van der Waals surface area contributed by atoms with Crippen molar-refractivity contribution < 1.29 is 14.3 Å². The topological polar surface area (TPSA) is 115 Å². The Morgan fingerprint density at radius 1 is 1.23 bits per heavy atom. The molecule has 1 saturated heterocycles. The average molecular weight is 422 g/mol. The van der Waals surface area contributed by atoms with Gasteiger partial charge < -0.3 is 19.7 Å². The van der Waals surface area contributed by atoms with Gasteiger partial charge in [0.05, 0.1) is 6.54 Å². The van der Waals surface area contributed by atoms with Gasteiger partial charge in [0.2, 0.25) is 0 Å². The van der Waals surface area contributed by atoms with Crippen LogP contribution in [0.25, 0.3) is 0 Å². The highest BCUT2D eigenvalue weighted by atomic mass is 16.6. The maximum Gasteiger partial charge on any atom is 0.286 e. The number of rotatable bonds is 3. The molecule has 0 aliphatic carbocycles. The molecule has 2 aromatic rings. The molecule has 162 valence electrons. The molecule has 2 aliphatic heterocycles. The van der Waals surface area contributed by atoms with Gasteiger partial charge in [-0.05, 0) is 30.2 Å². The van der Waals surface area contributed by atoms with E-state index in [1.165, 1.54) is 11.9 Å². The van der Waals surface area contributed by atoms with Gasteiger partial charge >= 0.3 is 0 Å².